The van der Waals surface area contributed by atoms with E-state index in [-0.39, 0.29) is 12.7 Å². The van der Waals surface area contributed by atoms with Gasteiger partial charge in [-0.2, -0.15) is 0 Å². The lowest BCUT2D eigenvalue weighted by atomic mass is 10.0. The summed E-state index contributed by atoms with van der Waals surface area (Å²) in [6.07, 6.45) is 13.6. The Balaban J connectivity index is 3.12. The van der Waals surface area contributed by atoms with Gasteiger partial charge in [0, 0.05) is 0 Å². The highest BCUT2D eigenvalue weighted by Crippen LogP contribution is 2.12. The molecular formula is C22H46O6. The molecule has 0 aliphatic carbocycles. The first-order chi connectivity index (χ1) is 13.8. The molecule has 0 spiro atoms. The molecule has 0 aromatic carbocycles. The van der Waals surface area contributed by atoms with Gasteiger partial charge in [-0.25, -0.2) is 0 Å². The molecule has 0 saturated carbocycles. The molecule has 0 bridgehead atoms. The fourth-order valence-corrected chi connectivity index (χ4v) is 2.89. The molecule has 0 saturated heterocycles. The molecule has 0 amide bonds. The van der Waals surface area contributed by atoms with E-state index >= 15 is 0 Å². The highest BCUT2D eigenvalue weighted by molar-refractivity contribution is 4.55. The summed E-state index contributed by atoms with van der Waals surface area (Å²) < 4.78 is 21.2. The van der Waals surface area contributed by atoms with Gasteiger partial charge in [0.2, 0.25) is 0 Å². The minimum absolute atomic E-state index is 0.0388. The van der Waals surface area contributed by atoms with Crippen molar-refractivity contribution in [2.45, 2.75) is 83.7 Å². The van der Waals surface area contributed by atoms with Gasteiger partial charge in [0.1, 0.15) is 0 Å². The lowest BCUT2D eigenvalue weighted by Crippen LogP contribution is -2.18. The van der Waals surface area contributed by atoms with Crippen LogP contribution in [0.25, 0.3) is 0 Å². The normalized spacial score (nSPS) is 12.5. The van der Waals surface area contributed by atoms with Gasteiger partial charge in [-0.05, 0) is 6.42 Å². The second-order valence-electron chi connectivity index (χ2n) is 7.26. The van der Waals surface area contributed by atoms with Gasteiger partial charge < -0.3 is 29.2 Å². The van der Waals surface area contributed by atoms with Crippen LogP contribution in [0.2, 0.25) is 0 Å². The van der Waals surface area contributed by atoms with Crippen molar-refractivity contribution in [3.05, 3.63) is 0 Å². The Morgan fingerprint density at radius 2 is 1.00 bits per heavy atom. The third-order valence-electron chi connectivity index (χ3n) is 4.55. The summed E-state index contributed by atoms with van der Waals surface area (Å²) in [6.45, 7) is 6.06. The van der Waals surface area contributed by atoms with E-state index in [1.807, 2.05) is 0 Å². The largest absolute Gasteiger partial charge is 0.394 e. The minimum Gasteiger partial charge on any atom is -0.394 e. The second kappa shape index (κ2) is 24.8. The van der Waals surface area contributed by atoms with Crippen LogP contribution in [0, 0.1) is 0 Å². The van der Waals surface area contributed by atoms with Crippen molar-refractivity contribution in [1.29, 1.82) is 0 Å². The van der Waals surface area contributed by atoms with Crippen molar-refractivity contribution in [1.82, 2.24) is 0 Å². The SMILES string of the molecule is CCCCCCCCCCCCC(O)COCCOCCOCCOCCO. The lowest BCUT2D eigenvalue weighted by Gasteiger charge is -2.11. The molecule has 0 rings (SSSR count). The van der Waals surface area contributed by atoms with Crippen LogP contribution >= 0.6 is 0 Å². The van der Waals surface area contributed by atoms with E-state index in [4.69, 9.17) is 24.1 Å². The maximum absolute atomic E-state index is 9.92. The predicted octanol–water partition coefficient (Wildman–Crippen LogP) is 3.72. The highest BCUT2D eigenvalue weighted by Gasteiger charge is 2.04. The molecule has 6 heteroatoms. The van der Waals surface area contributed by atoms with Gasteiger partial charge in [-0.1, -0.05) is 71.1 Å². The summed E-state index contributed by atoms with van der Waals surface area (Å²) in [4.78, 5) is 0. The summed E-state index contributed by atoms with van der Waals surface area (Å²) in [6, 6.07) is 0. The van der Waals surface area contributed by atoms with Gasteiger partial charge in [0.05, 0.1) is 65.6 Å². The molecule has 28 heavy (non-hydrogen) atoms. The first-order valence-electron chi connectivity index (χ1n) is 11.4. The van der Waals surface area contributed by atoms with Gasteiger partial charge in [-0.3, -0.25) is 0 Å². The average molecular weight is 407 g/mol. The Morgan fingerprint density at radius 1 is 0.571 bits per heavy atom. The monoisotopic (exact) mass is 406 g/mol. The average Bonchev–Trinajstić information content (AvgIpc) is 2.70. The Kier molecular flexibility index (Phi) is 24.6. The first-order valence-corrected chi connectivity index (χ1v) is 11.4. The third kappa shape index (κ3) is 23.8. The van der Waals surface area contributed by atoms with Crippen LogP contribution in [0.4, 0.5) is 0 Å². The molecule has 1 atom stereocenters. The lowest BCUT2D eigenvalue weighted by molar-refractivity contribution is -0.0197. The number of aliphatic hydroxyl groups is 2. The van der Waals surface area contributed by atoms with Crippen molar-refractivity contribution in [2.75, 3.05) is 59.5 Å². The van der Waals surface area contributed by atoms with Crippen molar-refractivity contribution < 1.29 is 29.2 Å². The Morgan fingerprint density at radius 3 is 1.50 bits per heavy atom. The maximum atomic E-state index is 9.92. The van der Waals surface area contributed by atoms with Gasteiger partial charge in [0.25, 0.3) is 0 Å². The Bertz CT molecular complexity index is 278. The van der Waals surface area contributed by atoms with E-state index in [1.54, 1.807) is 0 Å². The molecule has 6 nitrogen and oxygen atoms in total. The zero-order valence-corrected chi connectivity index (χ0v) is 18.2. The topological polar surface area (TPSA) is 77.4 Å². The molecule has 2 N–H and O–H groups in total. The van der Waals surface area contributed by atoms with Crippen LogP contribution in [0.1, 0.15) is 77.6 Å². The van der Waals surface area contributed by atoms with E-state index in [2.05, 4.69) is 6.92 Å². The molecule has 0 radical (unpaired) electrons. The zero-order valence-electron chi connectivity index (χ0n) is 18.2. The Hall–Kier alpha value is -0.240. The molecule has 0 fully saturated rings. The van der Waals surface area contributed by atoms with Crippen LogP contribution < -0.4 is 0 Å². The van der Waals surface area contributed by atoms with Gasteiger partial charge in [-0.15, -0.1) is 0 Å². The molecule has 0 heterocycles. The number of rotatable bonds is 24. The number of hydrogen-bond acceptors (Lipinski definition) is 6. The highest BCUT2D eigenvalue weighted by atomic mass is 16.6. The fraction of sp³-hybridized carbons (Fsp3) is 1.00. The summed E-state index contributed by atoms with van der Waals surface area (Å²) in [5.41, 5.74) is 0. The van der Waals surface area contributed by atoms with Crippen LogP contribution in [0.3, 0.4) is 0 Å². The van der Waals surface area contributed by atoms with Crippen LogP contribution in [-0.2, 0) is 18.9 Å². The van der Waals surface area contributed by atoms with Crippen molar-refractivity contribution in [3.8, 4) is 0 Å². The molecule has 0 aliphatic rings. The summed E-state index contributed by atoms with van der Waals surface area (Å²) in [7, 11) is 0. The van der Waals surface area contributed by atoms with E-state index < -0.39 is 0 Å². The molecule has 170 valence electrons. The molecular weight excluding hydrogens is 360 g/mol. The molecule has 1 unspecified atom stereocenters. The number of hydrogen-bond donors (Lipinski definition) is 2. The Labute approximate surface area is 172 Å². The van der Waals surface area contributed by atoms with Crippen molar-refractivity contribution >= 4 is 0 Å². The number of unbranched alkanes of at least 4 members (excludes halogenated alkanes) is 9. The number of aliphatic hydroxyl groups excluding tert-OH is 2. The third-order valence-corrected chi connectivity index (χ3v) is 4.55. The maximum Gasteiger partial charge on any atom is 0.0773 e. The predicted molar refractivity (Wildman–Crippen MR) is 113 cm³/mol. The summed E-state index contributed by atoms with van der Waals surface area (Å²) >= 11 is 0. The van der Waals surface area contributed by atoms with Crippen LogP contribution in [0.15, 0.2) is 0 Å². The molecule has 0 aliphatic heterocycles. The van der Waals surface area contributed by atoms with E-state index in [0.29, 0.717) is 52.9 Å². The quantitative estimate of drug-likeness (QED) is 0.238. The second-order valence-corrected chi connectivity index (χ2v) is 7.26. The molecule has 0 aromatic heterocycles. The van der Waals surface area contributed by atoms with Crippen molar-refractivity contribution in [3.63, 3.8) is 0 Å². The zero-order chi connectivity index (χ0) is 20.5. The van der Waals surface area contributed by atoms with E-state index in [9.17, 15) is 5.11 Å². The summed E-state index contributed by atoms with van der Waals surface area (Å²) in [5, 5.41) is 18.5. The standard InChI is InChI=1S/C22H46O6/c1-2-3-4-5-6-7-8-9-10-11-12-22(24)21-28-20-19-27-18-17-26-16-15-25-14-13-23/h22-24H,2-21H2,1H3. The van der Waals surface area contributed by atoms with Crippen LogP contribution in [0.5, 0.6) is 0 Å². The van der Waals surface area contributed by atoms with Gasteiger partial charge >= 0.3 is 0 Å². The van der Waals surface area contributed by atoms with Gasteiger partial charge in [0.15, 0.2) is 0 Å². The fourth-order valence-electron chi connectivity index (χ4n) is 2.89. The van der Waals surface area contributed by atoms with Crippen molar-refractivity contribution in [2.24, 2.45) is 0 Å². The minimum atomic E-state index is -0.365. The van der Waals surface area contributed by atoms with E-state index in [0.717, 1.165) is 12.8 Å². The number of ether oxygens (including phenoxy) is 4. The first kappa shape index (κ1) is 27.8. The van der Waals surface area contributed by atoms with Crippen LogP contribution in [-0.4, -0.2) is 75.8 Å². The van der Waals surface area contributed by atoms with E-state index in [1.165, 1.54) is 57.8 Å². The smallest absolute Gasteiger partial charge is 0.0773 e. The molecule has 0 aromatic rings. The summed E-state index contributed by atoms with van der Waals surface area (Å²) in [5.74, 6) is 0.